The first kappa shape index (κ1) is 11.6. The smallest absolute Gasteiger partial charge is 0.284 e. The zero-order valence-electron chi connectivity index (χ0n) is 7.58. The number of carbonyl (C=O) groups is 1. The average molecular weight is 280 g/mol. The quantitative estimate of drug-likeness (QED) is 0.661. The molecule has 78 valence electrons. The van der Waals surface area contributed by atoms with Crippen molar-refractivity contribution < 1.29 is 14.4 Å². The Balaban J connectivity index is 2.29. The van der Waals surface area contributed by atoms with Gasteiger partial charge in [0.15, 0.2) is 0 Å². The molecule has 1 aromatic rings. The number of thiophene rings is 1. The van der Waals surface area contributed by atoms with E-state index < -0.39 is 0 Å². The molecule has 0 bridgehead atoms. The molecular weight excluding hydrogens is 270 g/mol. The first-order valence-corrected chi connectivity index (χ1v) is 5.51. The number of halogens is 1. The lowest BCUT2D eigenvalue weighted by Crippen LogP contribution is -2.24. The first-order chi connectivity index (χ1) is 6.74. The van der Waals surface area contributed by atoms with Crippen LogP contribution in [0.5, 0.6) is 0 Å². The van der Waals surface area contributed by atoms with E-state index in [0.29, 0.717) is 18.1 Å². The van der Waals surface area contributed by atoms with Crippen LogP contribution < -0.4 is 5.48 Å². The third-order valence-corrected chi connectivity index (χ3v) is 2.97. The Labute approximate surface area is 94.3 Å². The molecule has 0 aliphatic heterocycles. The Morgan fingerprint density at radius 2 is 2.36 bits per heavy atom. The number of carbonyl (C=O) groups excluding carboxylic acids is 1. The lowest BCUT2D eigenvalue weighted by Gasteiger charge is -2.02. The van der Waals surface area contributed by atoms with Gasteiger partial charge in [0, 0.05) is 7.11 Å². The average Bonchev–Trinajstić information content (AvgIpc) is 2.59. The molecule has 0 spiro atoms. The van der Waals surface area contributed by atoms with Crippen LogP contribution in [0.2, 0.25) is 0 Å². The highest BCUT2D eigenvalue weighted by molar-refractivity contribution is 9.11. The molecule has 1 aromatic heterocycles. The van der Waals surface area contributed by atoms with Gasteiger partial charge in [0.1, 0.15) is 0 Å². The highest BCUT2D eigenvalue weighted by atomic mass is 79.9. The van der Waals surface area contributed by atoms with Gasteiger partial charge < -0.3 is 4.74 Å². The van der Waals surface area contributed by atoms with Gasteiger partial charge in [-0.15, -0.1) is 11.3 Å². The van der Waals surface area contributed by atoms with Crippen LogP contribution in [0.25, 0.3) is 0 Å². The zero-order valence-corrected chi connectivity index (χ0v) is 9.98. The van der Waals surface area contributed by atoms with Crippen molar-refractivity contribution in [3.8, 4) is 0 Å². The van der Waals surface area contributed by atoms with Gasteiger partial charge >= 0.3 is 0 Å². The summed E-state index contributed by atoms with van der Waals surface area (Å²) in [6.45, 7) is 0.795. The van der Waals surface area contributed by atoms with E-state index in [-0.39, 0.29) is 5.91 Å². The van der Waals surface area contributed by atoms with Crippen LogP contribution in [0.3, 0.4) is 0 Å². The maximum absolute atomic E-state index is 11.3. The van der Waals surface area contributed by atoms with Gasteiger partial charge in [0.2, 0.25) is 0 Å². The molecule has 0 saturated carbocycles. The summed E-state index contributed by atoms with van der Waals surface area (Å²) in [5, 5.41) is 0. The van der Waals surface area contributed by atoms with Gasteiger partial charge in [-0.1, -0.05) is 0 Å². The first-order valence-electron chi connectivity index (χ1n) is 3.90. The summed E-state index contributed by atoms with van der Waals surface area (Å²) in [5.41, 5.74) is 2.32. The third kappa shape index (κ3) is 3.75. The number of methoxy groups -OCH3 is 1. The highest BCUT2D eigenvalue weighted by Gasteiger charge is 2.07. The minimum Gasteiger partial charge on any atom is -0.382 e. The van der Waals surface area contributed by atoms with E-state index in [2.05, 4.69) is 21.4 Å². The molecule has 1 N–H and O–H groups in total. The third-order valence-electron chi connectivity index (χ3n) is 1.35. The Kier molecular flexibility index (Phi) is 5.10. The molecule has 0 radical (unpaired) electrons. The largest absolute Gasteiger partial charge is 0.382 e. The fourth-order valence-electron chi connectivity index (χ4n) is 0.728. The molecule has 0 aromatic carbocycles. The van der Waals surface area contributed by atoms with E-state index in [1.807, 2.05) is 6.07 Å². The van der Waals surface area contributed by atoms with Gasteiger partial charge in [0.05, 0.1) is 21.9 Å². The van der Waals surface area contributed by atoms with Crippen molar-refractivity contribution in [2.24, 2.45) is 0 Å². The van der Waals surface area contributed by atoms with Gasteiger partial charge in [-0.3, -0.25) is 9.63 Å². The minimum atomic E-state index is -0.239. The van der Waals surface area contributed by atoms with Crippen molar-refractivity contribution in [1.82, 2.24) is 5.48 Å². The van der Waals surface area contributed by atoms with Crippen LogP contribution in [0.15, 0.2) is 15.9 Å². The van der Waals surface area contributed by atoms with Gasteiger partial charge in [-0.05, 0) is 28.1 Å². The Hall–Kier alpha value is -0.430. The topological polar surface area (TPSA) is 47.6 Å². The van der Waals surface area contributed by atoms with Crippen molar-refractivity contribution in [2.75, 3.05) is 20.3 Å². The summed E-state index contributed by atoms with van der Waals surface area (Å²) >= 11 is 4.62. The number of hydroxylamine groups is 1. The molecular formula is C8H10BrNO3S. The summed E-state index contributed by atoms with van der Waals surface area (Å²) < 4.78 is 5.67. The standard InChI is InChI=1S/C8H10BrNO3S/c1-12-4-5-13-10-8(11)6-2-3-7(9)14-6/h2-3H,4-5H2,1H3,(H,10,11). The van der Waals surface area contributed by atoms with Gasteiger partial charge in [-0.25, -0.2) is 5.48 Å². The van der Waals surface area contributed by atoms with Crippen LogP contribution in [-0.4, -0.2) is 26.2 Å². The number of ether oxygens (including phenoxy) is 1. The predicted molar refractivity (Wildman–Crippen MR) is 57.3 cm³/mol. The molecule has 1 amide bonds. The van der Waals surface area contributed by atoms with Crippen LogP contribution in [0.1, 0.15) is 9.67 Å². The molecule has 6 heteroatoms. The number of nitrogens with one attached hydrogen (secondary N) is 1. The van der Waals surface area contributed by atoms with Crippen molar-refractivity contribution >= 4 is 33.2 Å². The van der Waals surface area contributed by atoms with E-state index >= 15 is 0 Å². The second-order valence-corrected chi connectivity index (χ2v) is 4.84. The summed E-state index contributed by atoms with van der Waals surface area (Å²) in [4.78, 5) is 16.8. The van der Waals surface area contributed by atoms with Crippen molar-refractivity contribution in [3.63, 3.8) is 0 Å². The number of hydrogen-bond donors (Lipinski definition) is 1. The second kappa shape index (κ2) is 6.13. The highest BCUT2D eigenvalue weighted by Crippen LogP contribution is 2.21. The van der Waals surface area contributed by atoms with Crippen molar-refractivity contribution in [3.05, 3.63) is 20.8 Å². The molecule has 0 saturated heterocycles. The van der Waals surface area contributed by atoms with Crippen LogP contribution in [-0.2, 0) is 9.57 Å². The van der Waals surface area contributed by atoms with Gasteiger partial charge in [0.25, 0.3) is 5.91 Å². The fourth-order valence-corrected chi connectivity index (χ4v) is 2.00. The molecule has 0 atom stereocenters. The predicted octanol–water partition coefficient (Wildman–Crippen LogP) is 1.82. The number of amides is 1. The molecule has 0 aliphatic carbocycles. The number of rotatable bonds is 5. The van der Waals surface area contributed by atoms with Crippen molar-refractivity contribution in [2.45, 2.75) is 0 Å². The maximum Gasteiger partial charge on any atom is 0.284 e. The lowest BCUT2D eigenvalue weighted by molar-refractivity contribution is 0.00915. The molecule has 1 rings (SSSR count). The van der Waals surface area contributed by atoms with Crippen molar-refractivity contribution in [1.29, 1.82) is 0 Å². The summed E-state index contributed by atoms with van der Waals surface area (Å²) in [7, 11) is 1.57. The summed E-state index contributed by atoms with van der Waals surface area (Å²) in [5.74, 6) is -0.239. The normalized spacial score (nSPS) is 10.1. The second-order valence-electron chi connectivity index (χ2n) is 2.38. The molecule has 0 aliphatic rings. The van der Waals surface area contributed by atoms with E-state index in [9.17, 15) is 4.79 Å². The number of hydrogen-bond acceptors (Lipinski definition) is 4. The molecule has 14 heavy (non-hydrogen) atoms. The Morgan fingerprint density at radius 3 is 2.93 bits per heavy atom. The van der Waals surface area contributed by atoms with E-state index in [1.54, 1.807) is 13.2 Å². The monoisotopic (exact) mass is 279 g/mol. The molecule has 4 nitrogen and oxygen atoms in total. The SMILES string of the molecule is COCCONC(=O)c1ccc(Br)s1. The van der Waals surface area contributed by atoms with E-state index in [4.69, 9.17) is 9.57 Å². The summed E-state index contributed by atoms with van der Waals surface area (Å²) in [6.07, 6.45) is 0. The van der Waals surface area contributed by atoms with Crippen LogP contribution >= 0.6 is 27.3 Å². The molecule has 0 unspecified atom stereocenters. The van der Waals surface area contributed by atoms with Gasteiger partial charge in [-0.2, -0.15) is 0 Å². The molecule has 0 fully saturated rings. The van der Waals surface area contributed by atoms with Crippen LogP contribution in [0.4, 0.5) is 0 Å². The Bertz CT molecular complexity index is 303. The Morgan fingerprint density at radius 1 is 1.57 bits per heavy atom. The molecule has 1 heterocycles. The zero-order chi connectivity index (χ0) is 10.4. The lowest BCUT2D eigenvalue weighted by atomic mass is 10.5. The summed E-state index contributed by atoms with van der Waals surface area (Å²) in [6, 6.07) is 3.54. The maximum atomic E-state index is 11.3. The van der Waals surface area contributed by atoms with E-state index in [0.717, 1.165) is 3.79 Å². The van der Waals surface area contributed by atoms with E-state index in [1.165, 1.54) is 11.3 Å². The fraction of sp³-hybridized carbons (Fsp3) is 0.375. The minimum absolute atomic E-state index is 0.239. The van der Waals surface area contributed by atoms with Crippen LogP contribution in [0, 0.1) is 0 Å².